The van der Waals surface area contributed by atoms with Gasteiger partial charge < -0.3 is 5.11 Å². The van der Waals surface area contributed by atoms with Crippen LogP contribution in [-0.4, -0.2) is 44.5 Å². The lowest BCUT2D eigenvalue weighted by Crippen LogP contribution is -2.37. The van der Waals surface area contributed by atoms with Gasteiger partial charge in [0.05, 0.1) is 21.5 Å². The predicted octanol–water partition coefficient (Wildman–Crippen LogP) is 2.37. The van der Waals surface area contributed by atoms with Crippen molar-refractivity contribution in [3.8, 4) is 0 Å². The summed E-state index contributed by atoms with van der Waals surface area (Å²) >= 11 is 3.68. The number of aryl methyl sites for hydroxylation is 2. The molecule has 4 nitrogen and oxygen atoms in total. The minimum Gasteiger partial charge on any atom is -0.388 e. The second kappa shape index (κ2) is 5.43. The van der Waals surface area contributed by atoms with E-state index >= 15 is 0 Å². The smallest absolute Gasteiger partial charge is 0.0841 e. The molecule has 0 radical (unpaired) electrons. The lowest BCUT2D eigenvalue weighted by molar-refractivity contribution is 0.0465. The van der Waals surface area contributed by atoms with Gasteiger partial charge in [-0.05, 0) is 48.5 Å². The van der Waals surface area contributed by atoms with E-state index in [9.17, 15) is 5.11 Å². The molecule has 1 saturated heterocycles. The molecule has 1 aromatic rings. The summed E-state index contributed by atoms with van der Waals surface area (Å²) in [6.07, 6.45) is 5.14. The number of likely N-dealkylation sites (tertiary alicyclic amines) is 1. The normalized spacial score (nSPS) is 27.4. The largest absolute Gasteiger partial charge is 0.388 e. The predicted molar refractivity (Wildman–Crippen MR) is 82.8 cm³/mol. The van der Waals surface area contributed by atoms with Crippen molar-refractivity contribution in [1.82, 2.24) is 14.7 Å². The molecule has 1 saturated carbocycles. The minimum atomic E-state index is -0.580. The van der Waals surface area contributed by atoms with Gasteiger partial charge in [-0.15, -0.1) is 0 Å². The van der Waals surface area contributed by atoms with Crippen molar-refractivity contribution in [3.63, 3.8) is 0 Å². The summed E-state index contributed by atoms with van der Waals surface area (Å²) < 4.78 is 3.14. The molecule has 2 heterocycles. The molecular weight excluding hydrogens is 318 g/mol. The van der Waals surface area contributed by atoms with Crippen molar-refractivity contribution < 1.29 is 5.11 Å². The van der Waals surface area contributed by atoms with E-state index in [1.54, 1.807) is 0 Å². The Labute approximate surface area is 129 Å². The third-order valence-corrected chi connectivity index (χ3v) is 5.53. The molecule has 5 heteroatoms. The molecule has 1 unspecified atom stereocenters. The highest BCUT2D eigenvalue weighted by Gasteiger charge is 2.42. The van der Waals surface area contributed by atoms with Gasteiger partial charge in [-0.2, -0.15) is 5.10 Å². The zero-order chi connectivity index (χ0) is 14.3. The number of hydrogen-bond acceptors (Lipinski definition) is 3. The summed E-state index contributed by atoms with van der Waals surface area (Å²) in [5.41, 5.74) is 1.68. The molecule has 1 aliphatic carbocycles. The van der Waals surface area contributed by atoms with Gasteiger partial charge in [-0.1, -0.05) is 6.92 Å². The molecule has 1 aliphatic heterocycles. The zero-order valence-corrected chi connectivity index (χ0v) is 14.0. The average molecular weight is 342 g/mol. The summed E-state index contributed by atoms with van der Waals surface area (Å²) in [4.78, 5) is 2.46. The Morgan fingerprint density at radius 2 is 2.15 bits per heavy atom. The number of hydrogen-bond donors (Lipinski definition) is 1. The fourth-order valence-electron chi connectivity index (χ4n) is 3.28. The number of aromatic nitrogens is 2. The van der Waals surface area contributed by atoms with E-state index in [0.717, 1.165) is 54.4 Å². The lowest BCUT2D eigenvalue weighted by atomic mass is 9.96. The quantitative estimate of drug-likeness (QED) is 0.893. The summed E-state index contributed by atoms with van der Waals surface area (Å²) in [5, 5.41) is 15.5. The molecule has 3 rings (SSSR count). The van der Waals surface area contributed by atoms with E-state index in [2.05, 4.69) is 39.8 Å². The molecule has 0 aromatic carbocycles. The summed E-state index contributed by atoms with van der Waals surface area (Å²) in [6, 6.07) is 0.745. The van der Waals surface area contributed by atoms with Crippen LogP contribution in [-0.2, 0) is 19.4 Å². The van der Waals surface area contributed by atoms with Crippen LogP contribution in [0.15, 0.2) is 4.47 Å². The van der Waals surface area contributed by atoms with Crippen molar-refractivity contribution in [2.75, 3.05) is 13.1 Å². The molecule has 2 aliphatic rings. The Kier molecular flexibility index (Phi) is 3.95. The highest BCUT2D eigenvalue weighted by Crippen LogP contribution is 2.36. The molecular formula is C15H24BrN3O. The second-order valence-electron chi connectivity index (χ2n) is 6.23. The first kappa shape index (κ1) is 14.5. The van der Waals surface area contributed by atoms with E-state index in [-0.39, 0.29) is 0 Å². The van der Waals surface area contributed by atoms with Gasteiger partial charge in [0.15, 0.2) is 0 Å². The molecule has 0 spiro atoms. The molecule has 1 aromatic heterocycles. The van der Waals surface area contributed by atoms with E-state index in [1.807, 2.05) is 4.68 Å². The van der Waals surface area contributed by atoms with Crippen LogP contribution in [0.25, 0.3) is 0 Å². The number of halogens is 1. The Morgan fingerprint density at radius 1 is 1.40 bits per heavy atom. The monoisotopic (exact) mass is 341 g/mol. The van der Waals surface area contributed by atoms with Gasteiger partial charge in [0, 0.05) is 32.1 Å². The first-order valence-electron chi connectivity index (χ1n) is 7.77. The molecule has 0 amide bonds. The molecule has 0 bridgehead atoms. The van der Waals surface area contributed by atoms with Crippen LogP contribution in [0.3, 0.4) is 0 Å². The zero-order valence-electron chi connectivity index (χ0n) is 12.4. The Hall–Kier alpha value is -0.390. The number of rotatable bonds is 5. The Morgan fingerprint density at radius 3 is 2.75 bits per heavy atom. The third kappa shape index (κ3) is 2.68. The highest BCUT2D eigenvalue weighted by molar-refractivity contribution is 9.10. The Balaban J connectivity index is 1.78. The first-order valence-corrected chi connectivity index (χ1v) is 8.56. The Bertz CT molecular complexity index is 498. The standard InChI is InChI=1S/C15H24BrN3O/c1-3-12-14(16)13(19(4-2)17-12)9-15(20)7-8-18(10-15)11-5-6-11/h11,20H,3-10H2,1-2H3. The van der Waals surface area contributed by atoms with Crippen molar-refractivity contribution in [2.45, 2.75) is 64.1 Å². The maximum atomic E-state index is 10.9. The van der Waals surface area contributed by atoms with Crippen molar-refractivity contribution in [1.29, 1.82) is 0 Å². The van der Waals surface area contributed by atoms with Gasteiger partial charge in [0.2, 0.25) is 0 Å². The molecule has 20 heavy (non-hydrogen) atoms. The fourth-order valence-corrected chi connectivity index (χ4v) is 3.99. The number of β-amino-alcohol motifs (C(OH)–C–C–N with tert-alkyl or cyclic N) is 1. The highest BCUT2D eigenvalue weighted by atomic mass is 79.9. The molecule has 112 valence electrons. The molecule has 2 fully saturated rings. The van der Waals surface area contributed by atoms with E-state index < -0.39 is 5.60 Å². The topological polar surface area (TPSA) is 41.3 Å². The lowest BCUT2D eigenvalue weighted by Gasteiger charge is -2.24. The second-order valence-corrected chi connectivity index (χ2v) is 7.02. The van der Waals surface area contributed by atoms with Crippen molar-refractivity contribution in [3.05, 3.63) is 15.9 Å². The van der Waals surface area contributed by atoms with E-state index in [4.69, 9.17) is 0 Å². The summed E-state index contributed by atoms with van der Waals surface area (Å²) in [6.45, 7) is 6.95. The summed E-state index contributed by atoms with van der Waals surface area (Å²) in [7, 11) is 0. The number of nitrogens with zero attached hydrogens (tertiary/aromatic N) is 3. The number of aliphatic hydroxyl groups is 1. The SMILES string of the molecule is CCc1nn(CC)c(CC2(O)CCN(C3CC3)C2)c1Br. The van der Waals surface area contributed by atoms with Crippen LogP contribution in [0.1, 0.15) is 44.5 Å². The molecule has 1 atom stereocenters. The maximum absolute atomic E-state index is 10.9. The van der Waals surface area contributed by atoms with Gasteiger partial charge in [-0.25, -0.2) is 0 Å². The van der Waals surface area contributed by atoms with Crippen LogP contribution in [0.2, 0.25) is 0 Å². The van der Waals surface area contributed by atoms with Gasteiger partial charge in [-0.3, -0.25) is 9.58 Å². The van der Waals surface area contributed by atoms with E-state index in [1.165, 1.54) is 12.8 Å². The van der Waals surface area contributed by atoms with E-state index in [0.29, 0.717) is 6.42 Å². The van der Waals surface area contributed by atoms with Crippen LogP contribution in [0.4, 0.5) is 0 Å². The van der Waals surface area contributed by atoms with Crippen LogP contribution < -0.4 is 0 Å². The van der Waals surface area contributed by atoms with Crippen molar-refractivity contribution >= 4 is 15.9 Å². The maximum Gasteiger partial charge on any atom is 0.0841 e. The third-order valence-electron chi connectivity index (χ3n) is 4.62. The van der Waals surface area contributed by atoms with Crippen LogP contribution in [0.5, 0.6) is 0 Å². The molecule has 1 N–H and O–H groups in total. The van der Waals surface area contributed by atoms with Gasteiger partial charge >= 0.3 is 0 Å². The van der Waals surface area contributed by atoms with Crippen molar-refractivity contribution in [2.24, 2.45) is 0 Å². The van der Waals surface area contributed by atoms with Gasteiger partial charge in [0.1, 0.15) is 0 Å². The van der Waals surface area contributed by atoms with Gasteiger partial charge in [0.25, 0.3) is 0 Å². The van der Waals surface area contributed by atoms with Crippen LogP contribution >= 0.6 is 15.9 Å². The van der Waals surface area contributed by atoms with Crippen LogP contribution in [0, 0.1) is 0 Å². The first-order chi connectivity index (χ1) is 9.56. The minimum absolute atomic E-state index is 0.580. The fraction of sp³-hybridized carbons (Fsp3) is 0.800. The average Bonchev–Trinajstić information content (AvgIpc) is 3.15. The summed E-state index contributed by atoms with van der Waals surface area (Å²) in [5.74, 6) is 0.